The van der Waals surface area contributed by atoms with E-state index in [1.165, 1.54) is 0 Å². The molecule has 0 radical (unpaired) electrons. The molecule has 100 valence electrons. The van der Waals surface area contributed by atoms with Crippen molar-refractivity contribution in [3.63, 3.8) is 0 Å². The van der Waals surface area contributed by atoms with E-state index < -0.39 is 0 Å². The van der Waals surface area contributed by atoms with Crippen molar-refractivity contribution in [2.24, 2.45) is 5.41 Å². The van der Waals surface area contributed by atoms with E-state index in [0.717, 1.165) is 15.6 Å². The average Bonchev–Trinajstić information content (AvgIpc) is 2.12. The predicted molar refractivity (Wildman–Crippen MR) is 84.8 cm³/mol. The lowest BCUT2D eigenvalue weighted by Crippen LogP contribution is -2.45. The van der Waals surface area contributed by atoms with Gasteiger partial charge < -0.3 is 5.32 Å². The van der Waals surface area contributed by atoms with Gasteiger partial charge in [0.25, 0.3) is 5.91 Å². The monoisotopic (exact) mass is 359 g/mol. The molecule has 0 bridgehead atoms. The van der Waals surface area contributed by atoms with Gasteiger partial charge in [0.2, 0.25) is 0 Å². The molecule has 1 aromatic rings. The zero-order valence-electron chi connectivity index (χ0n) is 11.8. The maximum atomic E-state index is 12.2. The Morgan fingerprint density at radius 1 is 1.22 bits per heavy atom. The van der Waals surface area contributed by atoms with Crippen LogP contribution in [0.2, 0.25) is 0 Å². The topological polar surface area (TPSA) is 29.1 Å². The fourth-order valence-corrected chi connectivity index (χ4v) is 2.92. The molecule has 1 N–H and O–H groups in total. The van der Waals surface area contributed by atoms with Gasteiger partial charge in [-0.1, -0.05) is 26.8 Å². The maximum Gasteiger partial charge on any atom is 0.251 e. The highest BCUT2D eigenvalue weighted by Crippen LogP contribution is 2.27. The Morgan fingerprint density at radius 3 is 2.33 bits per heavy atom. The van der Waals surface area contributed by atoms with Gasteiger partial charge in [-0.15, -0.1) is 0 Å². The summed E-state index contributed by atoms with van der Waals surface area (Å²) in [6, 6.07) is 7.65. The number of hydrogen-bond acceptors (Lipinski definition) is 1. The van der Waals surface area contributed by atoms with Gasteiger partial charge in [0.15, 0.2) is 0 Å². The lowest BCUT2D eigenvalue weighted by molar-refractivity contribution is 0.0891. The Kier molecular flexibility index (Phi) is 4.81. The van der Waals surface area contributed by atoms with Crippen molar-refractivity contribution < 1.29 is 4.79 Å². The largest absolute Gasteiger partial charge is 0.347 e. The normalized spacial score (nSPS) is 12.3. The second-order valence-electron chi connectivity index (χ2n) is 6.59. The van der Waals surface area contributed by atoms with Gasteiger partial charge in [0.1, 0.15) is 0 Å². The zero-order valence-corrected chi connectivity index (χ0v) is 14.0. The van der Waals surface area contributed by atoms with Crippen LogP contribution in [0, 0.1) is 8.99 Å². The Bertz CT molecular complexity index is 432. The van der Waals surface area contributed by atoms with E-state index >= 15 is 0 Å². The smallest absolute Gasteiger partial charge is 0.251 e. The van der Waals surface area contributed by atoms with Gasteiger partial charge in [-0.05, 0) is 66.5 Å². The van der Waals surface area contributed by atoms with Crippen LogP contribution in [0.15, 0.2) is 24.3 Å². The second-order valence-corrected chi connectivity index (χ2v) is 7.83. The van der Waals surface area contributed by atoms with Crippen LogP contribution in [0.3, 0.4) is 0 Å². The molecule has 1 rings (SSSR count). The Hall–Kier alpha value is -0.580. The Morgan fingerprint density at radius 2 is 1.83 bits per heavy atom. The average molecular weight is 359 g/mol. The van der Waals surface area contributed by atoms with Crippen molar-refractivity contribution in [2.75, 3.05) is 0 Å². The van der Waals surface area contributed by atoms with Gasteiger partial charge in [-0.25, -0.2) is 0 Å². The molecule has 0 saturated carbocycles. The van der Waals surface area contributed by atoms with E-state index in [1.54, 1.807) is 0 Å². The van der Waals surface area contributed by atoms with Crippen molar-refractivity contribution >= 4 is 28.5 Å². The standard InChI is InChI=1S/C15H22INO/c1-14(2,3)10-15(4,5)17-13(18)11-7-6-8-12(16)9-11/h6-9H,10H2,1-5H3,(H,17,18). The van der Waals surface area contributed by atoms with Crippen molar-refractivity contribution in [3.05, 3.63) is 33.4 Å². The van der Waals surface area contributed by atoms with E-state index in [0.29, 0.717) is 0 Å². The van der Waals surface area contributed by atoms with Crippen LogP contribution in [0.5, 0.6) is 0 Å². The second kappa shape index (κ2) is 5.59. The molecule has 0 aliphatic carbocycles. The molecule has 3 heteroatoms. The van der Waals surface area contributed by atoms with Crippen molar-refractivity contribution in [1.82, 2.24) is 5.32 Å². The van der Waals surface area contributed by atoms with Gasteiger partial charge in [-0.2, -0.15) is 0 Å². The number of halogens is 1. The number of benzene rings is 1. The predicted octanol–water partition coefficient (Wildman–Crippen LogP) is 4.24. The van der Waals surface area contributed by atoms with Crippen LogP contribution in [-0.4, -0.2) is 11.4 Å². The van der Waals surface area contributed by atoms with Gasteiger partial charge in [0, 0.05) is 14.7 Å². The SMILES string of the molecule is CC(C)(C)CC(C)(C)NC(=O)c1cccc(I)c1. The minimum atomic E-state index is -0.198. The minimum absolute atomic E-state index is 0.00256. The van der Waals surface area contributed by atoms with Gasteiger partial charge in [0.05, 0.1) is 0 Å². The quantitative estimate of drug-likeness (QED) is 0.804. The molecular weight excluding hydrogens is 337 g/mol. The Labute approximate surface area is 124 Å². The summed E-state index contributed by atoms with van der Waals surface area (Å²) < 4.78 is 1.08. The molecule has 1 aromatic carbocycles. The maximum absolute atomic E-state index is 12.2. The molecule has 1 amide bonds. The molecule has 0 spiro atoms. The van der Waals surface area contributed by atoms with Crippen LogP contribution < -0.4 is 5.32 Å². The summed E-state index contributed by atoms with van der Waals surface area (Å²) >= 11 is 2.22. The van der Waals surface area contributed by atoms with Crippen LogP contribution in [0.4, 0.5) is 0 Å². The van der Waals surface area contributed by atoms with Crippen molar-refractivity contribution in [3.8, 4) is 0 Å². The van der Waals surface area contributed by atoms with Gasteiger partial charge >= 0.3 is 0 Å². The third-order valence-electron chi connectivity index (χ3n) is 2.51. The summed E-state index contributed by atoms with van der Waals surface area (Å²) in [5.41, 5.74) is 0.724. The number of hydrogen-bond donors (Lipinski definition) is 1. The molecule has 2 nitrogen and oxygen atoms in total. The van der Waals surface area contributed by atoms with Crippen molar-refractivity contribution in [1.29, 1.82) is 0 Å². The van der Waals surface area contributed by atoms with E-state index in [1.807, 2.05) is 24.3 Å². The fraction of sp³-hybridized carbons (Fsp3) is 0.533. The van der Waals surface area contributed by atoms with Crippen molar-refractivity contribution in [2.45, 2.75) is 46.6 Å². The van der Waals surface area contributed by atoms with Gasteiger partial charge in [-0.3, -0.25) is 4.79 Å². The van der Waals surface area contributed by atoms with E-state index in [9.17, 15) is 4.79 Å². The fourth-order valence-electron chi connectivity index (χ4n) is 2.38. The lowest BCUT2D eigenvalue weighted by Gasteiger charge is -2.33. The van der Waals surface area contributed by atoms with E-state index in [-0.39, 0.29) is 16.9 Å². The number of rotatable bonds is 3. The minimum Gasteiger partial charge on any atom is -0.347 e. The summed E-state index contributed by atoms with van der Waals surface area (Å²) in [7, 11) is 0. The highest BCUT2D eigenvalue weighted by Gasteiger charge is 2.27. The number of carbonyl (C=O) groups excluding carboxylic acids is 1. The number of amides is 1. The molecule has 0 unspecified atom stereocenters. The summed E-state index contributed by atoms with van der Waals surface area (Å²) in [6.07, 6.45) is 0.940. The third-order valence-corrected chi connectivity index (χ3v) is 3.18. The summed E-state index contributed by atoms with van der Waals surface area (Å²) in [5.74, 6) is 0.00256. The first-order chi connectivity index (χ1) is 8.09. The first-order valence-corrected chi connectivity index (χ1v) is 7.25. The molecule has 0 heterocycles. The lowest BCUT2D eigenvalue weighted by atomic mass is 9.81. The molecule has 0 fully saturated rings. The molecule has 18 heavy (non-hydrogen) atoms. The molecule has 0 atom stereocenters. The molecule has 0 aromatic heterocycles. The number of carbonyl (C=O) groups is 1. The van der Waals surface area contributed by atoms with Crippen LogP contribution >= 0.6 is 22.6 Å². The highest BCUT2D eigenvalue weighted by atomic mass is 127. The third kappa shape index (κ3) is 5.38. The molecule has 0 aliphatic heterocycles. The summed E-state index contributed by atoms with van der Waals surface area (Å²) in [5, 5.41) is 3.11. The molecular formula is C15H22INO. The van der Waals surface area contributed by atoms with Crippen LogP contribution in [0.1, 0.15) is 51.4 Å². The van der Waals surface area contributed by atoms with E-state index in [2.05, 4.69) is 62.5 Å². The Balaban J connectivity index is 2.75. The van der Waals surface area contributed by atoms with Crippen LogP contribution in [-0.2, 0) is 0 Å². The van der Waals surface area contributed by atoms with Crippen LogP contribution in [0.25, 0.3) is 0 Å². The molecule has 0 saturated heterocycles. The van der Waals surface area contributed by atoms with E-state index in [4.69, 9.17) is 0 Å². The highest BCUT2D eigenvalue weighted by molar-refractivity contribution is 14.1. The zero-order chi connectivity index (χ0) is 14.0. The first kappa shape index (κ1) is 15.5. The summed E-state index contributed by atoms with van der Waals surface area (Å²) in [6.45, 7) is 10.7. The summed E-state index contributed by atoms with van der Waals surface area (Å²) in [4.78, 5) is 12.2. The first-order valence-electron chi connectivity index (χ1n) is 6.17. The number of nitrogens with one attached hydrogen (secondary N) is 1. The molecule has 0 aliphatic rings.